The summed E-state index contributed by atoms with van der Waals surface area (Å²) < 4.78 is 15.7. The van der Waals surface area contributed by atoms with Crippen molar-refractivity contribution in [2.75, 3.05) is 26.1 Å². The highest BCUT2D eigenvalue weighted by Crippen LogP contribution is 2.28. The zero-order chi connectivity index (χ0) is 19.1. The molecule has 2 rings (SSSR count). The van der Waals surface area contributed by atoms with Crippen molar-refractivity contribution in [3.63, 3.8) is 0 Å². The van der Waals surface area contributed by atoms with Crippen molar-refractivity contribution in [1.29, 1.82) is 0 Å². The number of carboxylic acids is 1. The van der Waals surface area contributed by atoms with Crippen molar-refractivity contribution in [3.8, 4) is 11.5 Å². The number of nitrogens with one attached hydrogen (secondary N) is 1. The molecular formula is C19H21NO6. The fourth-order valence-corrected chi connectivity index (χ4v) is 2.42. The van der Waals surface area contributed by atoms with Gasteiger partial charge in [0, 0.05) is 18.4 Å². The second-order valence-corrected chi connectivity index (χ2v) is 5.41. The fourth-order valence-electron chi connectivity index (χ4n) is 2.42. The summed E-state index contributed by atoms with van der Waals surface area (Å²) in [5, 5.41) is 11.9. The molecule has 0 aliphatic rings. The van der Waals surface area contributed by atoms with Gasteiger partial charge in [0.25, 0.3) is 5.91 Å². The van der Waals surface area contributed by atoms with Crippen LogP contribution in [0.15, 0.2) is 36.4 Å². The number of carbonyl (C=O) groups is 2. The Hall–Kier alpha value is -3.06. The molecule has 0 atom stereocenters. The van der Waals surface area contributed by atoms with Gasteiger partial charge in [-0.15, -0.1) is 0 Å². The summed E-state index contributed by atoms with van der Waals surface area (Å²) in [6, 6.07) is 9.39. The molecule has 2 N–H and O–H groups in total. The topological polar surface area (TPSA) is 94.1 Å². The lowest BCUT2D eigenvalue weighted by Gasteiger charge is -2.12. The molecule has 26 heavy (non-hydrogen) atoms. The average Bonchev–Trinajstić information content (AvgIpc) is 2.62. The standard InChI is InChI=1S/C19H21NO6/c1-4-26-16-6-5-13(10-17(16)25-3)18(21)20-15-8-12(11-24-2)7-14(9-15)19(22)23/h5-10H,4,11H2,1-3H3,(H,20,21)(H,22,23). The summed E-state index contributed by atoms with van der Waals surface area (Å²) in [6.45, 7) is 2.57. The van der Waals surface area contributed by atoms with E-state index < -0.39 is 11.9 Å². The maximum Gasteiger partial charge on any atom is 0.335 e. The van der Waals surface area contributed by atoms with Gasteiger partial charge in [0.15, 0.2) is 11.5 Å². The zero-order valence-corrected chi connectivity index (χ0v) is 14.9. The lowest BCUT2D eigenvalue weighted by Crippen LogP contribution is -2.13. The molecule has 0 aromatic heterocycles. The van der Waals surface area contributed by atoms with E-state index in [1.807, 2.05) is 6.92 Å². The highest BCUT2D eigenvalue weighted by atomic mass is 16.5. The summed E-state index contributed by atoms with van der Waals surface area (Å²) >= 11 is 0. The molecule has 2 aromatic rings. The lowest BCUT2D eigenvalue weighted by atomic mass is 10.1. The second-order valence-electron chi connectivity index (χ2n) is 5.41. The van der Waals surface area contributed by atoms with Crippen LogP contribution in [0.3, 0.4) is 0 Å². The minimum absolute atomic E-state index is 0.0686. The molecule has 0 fully saturated rings. The summed E-state index contributed by atoms with van der Waals surface area (Å²) in [4.78, 5) is 23.8. The van der Waals surface area contributed by atoms with E-state index in [-0.39, 0.29) is 12.2 Å². The van der Waals surface area contributed by atoms with E-state index >= 15 is 0 Å². The number of carbonyl (C=O) groups excluding carboxylic acids is 1. The Labute approximate surface area is 151 Å². The third kappa shape index (κ3) is 4.73. The number of hydrogen-bond acceptors (Lipinski definition) is 5. The van der Waals surface area contributed by atoms with Crippen LogP contribution < -0.4 is 14.8 Å². The van der Waals surface area contributed by atoms with E-state index in [1.165, 1.54) is 26.4 Å². The molecule has 0 aliphatic heterocycles. The van der Waals surface area contributed by atoms with Crippen LogP contribution in [0.5, 0.6) is 11.5 Å². The predicted octanol–water partition coefficient (Wildman–Crippen LogP) is 3.19. The molecule has 0 aliphatic carbocycles. The maximum absolute atomic E-state index is 12.5. The van der Waals surface area contributed by atoms with Crippen molar-refractivity contribution >= 4 is 17.6 Å². The molecule has 0 saturated carbocycles. The van der Waals surface area contributed by atoms with E-state index in [0.717, 1.165) is 0 Å². The third-order valence-corrected chi connectivity index (χ3v) is 3.53. The number of carboxylic acid groups (broad SMARTS) is 1. The van der Waals surface area contributed by atoms with Crippen LogP contribution in [0.25, 0.3) is 0 Å². The smallest absolute Gasteiger partial charge is 0.335 e. The van der Waals surface area contributed by atoms with Gasteiger partial charge in [-0.2, -0.15) is 0 Å². The van der Waals surface area contributed by atoms with E-state index in [0.29, 0.717) is 34.9 Å². The second kappa shape index (κ2) is 8.87. The van der Waals surface area contributed by atoms with E-state index in [2.05, 4.69) is 5.32 Å². The van der Waals surface area contributed by atoms with Gasteiger partial charge in [0.05, 0.1) is 25.9 Å². The quantitative estimate of drug-likeness (QED) is 0.752. The van der Waals surface area contributed by atoms with Gasteiger partial charge < -0.3 is 24.6 Å². The Morgan fingerprint density at radius 2 is 1.81 bits per heavy atom. The Kier molecular flexibility index (Phi) is 6.57. The highest BCUT2D eigenvalue weighted by Gasteiger charge is 2.13. The highest BCUT2D eigenvalue weighted by molar-refractivity contribution is 6.05. The van der Waals surface area contributed by atoms with Crippen LogP contribution in [0.2, 0.25) is 0 Å². The SMILES string of the molecule is CCOc1ccc(C(=O)Nc2cc(COC)cc(C(=O)O)c2)cc1OC. The van der Waals surface area contributed by atoms with Gasteiger partial charge in [-0.05, 0) is 48.9 Å². The summed E-state index contributed by atoms with van der Waals surface area (Å²) in [6.07, 6.45) is 0. The maximum atomic E-state index is 12.5. The van der Waals surface area contributed by atoms with Crippen molar-refractivity contribution in [2.24, 2.45) is 0 Å². The van der Waals surface area contributed by atoms with Crippen LogP contribution in [0, 0.1) is 0 Å². The van der Waals surface area contributed by atoms with E-state index in [9.17, 15) is 14.7 Å². The van der Waals surface area contributed by atoms with E-state index in [4.69, 9.17) is 14.2 Å². The average molecular weight is 359 g/mol. The van der Waals surface area contributed by atoms with Crippen molar-refractivity contribution < 1.29 is 28.9 Å². The predicted molar refractivity (Wildman–Crippen MR) is 96.2 cm³/mol. The van der Waals surface area contributed by atoms with Crippen molar-refractivity contribution in [2.45, 2.75) is 13.5 Å². The number of rotatable bonds is 8. The Morgan fingerprint density at radius 3 is 2.42 bits per heavy atom. The number of benzene rings is 2. The van der Waals surface area contributed by atoms with Crippen molar-refractivity contribution in [3.05, 3.63) is 53.1 Å². The molecule has 138 valence electrons. The monoisotopic (exact) mass is 359 g/mol. The van der Waals surface area contributed by atoms with Gasteiger partial charge in [0.1, 0.15) is 0 Å². The number of amides is 1. The molecule has 0 heterocycles. The molecule has 0 spiro atoms. The Bertz CT molecular complexity index is 803. The first-order valence-corrected chi connectivity index (χ1v) is 7.96. The first kappa shape index (κ1) is 19.3. The molecular weight excluding hydrogens is 338 g/mol. The largest absolute Gasteiger partial charge is 0.493 e. The van der Waals surface area contributed by atoms with Crippen LogP contribution in [0.4, 0.5) is 5.69 Å². The molecule has 7 nitrogen and oxygen atoms in total. The van der Waals surface area contributed by atoms with Crippen LogP contribution in [-0.4, -0.2) is 37.8 Å². The van der Waals surface area contributed by atoms with Gasteiger partial charge in [-0.1, -0.05) is 0 Å². The number of hydrogen-bond donors (Lipinski definition) is 2. The lowest BCUT2D eigenvalue weighted by molar-refractivity contribution is 0.0696. The molecule has 1 amide bonds. The molecule has 7 heteroatoms. The van der Waals surface area contributed by atoms with Gasteiger partial charge in [0.2, 0.25) is 0 Å². The molecule has 0 saturated heterocycles. The first-order chi connectivity index (χ1) is 12.5. The molecule has 0 unspecified atom stereocenters. The third-order valence-electron chi connectivity index (χ3n) is 3.53. The Balaban J connectivity index is 2.27. The summed E-state index contributed by atoms with van der Waals surface area (Å²) in [5.41, 5.74) is 1.44. The number of ether oxygens (including phenoxy) is 3. The van der Waals surface area contributed by atoms with Crippen molar-refractivity contribution in [1.82, 2.24) is 0 Å². The minimum Gasteiger partial charge on any atom is -0.493 e. The first-order valence-electron chi connectivity index (χ1n) is 7.96. The summed E-state index contributed by atoms with van der Waals surface area (Å²) in [5.74, 6) is -0.487. The molecule has 0 bridgehead atoms. The van der Waals surface area contributed by atoms with Crippen LogP contribution >= 0.6 is 0 Å². The molecule has 0 radical (unpaired) electrons. The normalized spacial score (nSPS) is 10.3. The van der Waals surface area contributed by atoms with Gasteiger partial charge >= 0.3 is 5.97 Å². The number of aromatic carboxylic acids is 1. The van der Waals surface area contributed by atoms with E-state index in [1.54, 1.807) is 24.3 Å². The number of anilines is 1. The Morgan fingerprint density at radius 1 is 1.04 bits per heavy atom. The van der Waals surface area contributed by atoms with Gasteiger partial charge in [-0.25, -0.2) is 4.79 Å². The molecule has 2 aromatic carbocycles. The summed E-state index contributed by atoms with van der Waals surface area (Å²) in [7, 11) is 3.00. The minimum atomic E-state index is -1.08. The zero-order valence-electron chi connectivity index (χ0n) is 14.9. The fraction of sp³-hybridized carbons (Fsp3) is 0.263. The van der Waals surface area contributed by atoms with Gasteiger partial charge in [-0.3, -0.25) is 4.79 Å². The number of methoxy groups -OCH3 is 2. The van der Waals surface area contributed by atoms with Crippen LogP contribution in [-0.2, 0) is 11.3 Å². The van der Waals surface area contributed by atoms with Crippen LogP contribution in [0.1, 0.15) is 33.2 Å².